The number of hydrogen-bond donors (Lipinski definition) is 0. The molecule has 2 aromatic rings. The van der Waals surface area contributed by atoms with Crippen LogP contribution in [-0.2, 0) is 6.42 Å². The molecule has 0 amide bonds. The van der Waals surface area contributed by atoms with Gasteiger partial charge in [-0.25, -0.2) is 0 Å². The van der Waals surface area contributed by atoms with E-state index in [-0.39, 0.29) is 0 Å². The fraction of sp³-hybridized carbons (Fsp3) is 0.143. The standard InChI is InChI=1S/C14H11ClS/c1-16-13-4-2-3-10-7-9-5-6-11(15)8-12(9)14(10)13/h2-6,8H,7H2,1H3. The largest absolute Gasteiger partial charge is 0.129 e. The summed E-state index contributed by atoms with van der Waals surface area (Å²) < 4.78 is 0. The molecule has 0 N–H and O–H groups in total. The molecule has 0 saturated carbocycles. The molecule has 0 nitrogen and oxygen atoms in total. The Hall–Kier alpha value is -0.920. The summed E-state index contributed by atoms with van der Waals surface area (Å²) in [4.78, 5) is 1.35. The van der Waals surface area contributed by atoms with Crippen molar-refractivity contribution in [2.24, 2.45) is 0 Å². The van der Waals surface area contributed by atoms with Crippen molar-refractivity contribution < 1.29 is 0 Å². The molecule has 0 spiro atoms. The Bertz CT molecular complexity index is 561. The van der Waals surface area contributed by atoms with Crippen LogP contribution < -0.4 is 0 Å². The Labute approximate surface area is 105 Å². The van der Waals surface area contributed by atoms with Crippen LogP contribution in [0.5, 0.6) is 0 Å². The Morgan fingerprint density at radius 3 is 2.81 bits per heavy atom. The highest BCUT2D eigenvalue weighted by atomic mass is 35.5. The normalized spacial score (nSPS) is 12.4. The lowest BCUT2D eigenvalue weighted by Gasteiger charge is -2.06. The number of rotatable bonds is 1. The maximum absolute atomic E-state index is 6.08. The third-order valence-electron chi connectivity index (χ3n) is 3.05. The van der Waals surface area contributed by atoms with E-state index in [1.54, 1.807) is 11.8 Å². The molecule has 0 fully saturated rings. The first-order chi connectivity index (χ1) is 7.79. The van der Waals surface area contributed by atoms with Crippen molar-refractivity contribution in [1.82, 2.24) is 0 Å². The van der Waals surface area contributed by atoms with Gasteiger partial charge in [0.25, 0.3) is 0 Å². The topological polar surface area (TPSA) is 0 Å². The molecule has 0 radical (unpaired) electrons. The average molecular weight is 247 g/mol. The Kier molecular flexibility index (Phi) is 2.45. The quantitative estimate of drug-likeness (QED) is 0.564. The molecule has 1 aliphatic carbocycles. The van der Waals surface area contributed by atoms with Crippen molar-refractivity contribution in [2.75, 3.05) is 6.26 Å². The van der Waals surface area contributed by atoms with Crippen molar-refractivity contribution in [3.05, 3.63) is 52.5 Å². The van der Waals surface area contributed by atoms with Crippen LogP contribution in [0.2, 0.25) is 5.02 Å². The van der Waals surface area contributed by atoms with Crippen LogP contribution in [0.1, 0.15) is 11.1 Å². The predicted octanol–water partition coefficient (Wildman–Crippen LogP) is 4.63. The molecule has 0 aromatic heterocycles. The van der Waals surface area contributed by atoms with Gasteiger partial charge in [0.1, 0.15) is 0 Å². The van der Waals surface area contributed by atoms with Gasteiger partial charge in [-0.2, -0.15) is 0 Å². The van der Waals surface area contributed by atoms with Gasteiger partial charge in [-0.1, -0.05) is 29.8 Å². The first kappa shape index (κ1) is 10.2. The van der Waals surface area contributed by atoms with Crippen LogP contribution in [0.15, 0.2) is 41.3 Å². The van der Waals surface area contributed by atoms with Crippen molar-refractivity contribution in [3.63, 3.8) is 0 Å². The van der Waals surface area contributed by atoms with Crippen molar-refractivity contribution in [2.45, 2.75) is 11.3 Å². The van der Waals surface area contributed by atoms with Gasteiger partial charge >= 0.3 is 0 Å². The van der Waals surface area contributed by atoms with Gasteiger partial charge in [-0.3, -0.25) is 0 Å². The maximum atomic E-state index is 6.08. The molecule has 0 saturated heterocycles. The summed E-state index contributed by atoms with van der Waals surface area (Å²) in [6, 6.07) is 12.7. The molecule has 3 rings (SSSR count). The SMILES string of the molecule is CSc1cccc2c1-c1cc(Cl)ccc1C2. The van der Waals surface area contributed by atoms with E-state index in [1.807, 2.05) is 6.07 Å². The van der Waals surface area contributed by atoms with Gasteiger partial charge in [-0.05, 0) is 53.1 Å². The van der Waals surface area contributed by atoms with E-state index in [9.17, 15) is 0 Å². The molecule has 0 unspecified atom stereocenters. The minimum atomic E-state index is 0.822. The number of hydrogen-bond acceptors (Lipinski definition) is 1. The summed E-state index contributed by atoms with van der Waals surface area (Å²) in [6.45, 7) is 0. The maximum Gasteiger partial charge on any atom is 0.0412 e. The zero-order valence-corrected chi connectivity index (χ0v) is 10.5. The van der Waals surface area contributed by atoms with Gasteiger partial charge in [0, 0.05) is 9.92 Å². The second kappa shape index (κ2) is 3.83. The molecule has 0 bridgehead atoms. The van der Waals surface area contributed by atoms with E-state index in [1.165, 1.54) is 27.1 Å². The third-order valence-corrected chi connectivity index (χ3v) is 4.07. The molecule has 0 aliphatic heterocycles. The van der Waals surface area contributed by atoms with Gasteiger partial charge < -0.3 is 0 Å². The van der Waals surface area contributed by atoms with Crippen LogP contribution in [-0.4, -0.2) is 6.26 Å². The van der Waals surface area contributed by atoms with Gasteiger partial charge in [0.05, 0.1) is 0 Å². The van der Waals surface area contributed by atoms with Crippen LogP contribution in [0, 0.1) is 0 Å². The average Bonchev–Trinajstić information content (AvgIpc) is 2.66. The summed E-state index contributed by atoms with van der Waals surface area (Å²) in [7, 11) is 0. The minimum absolute atomic E-state index is 0.822. The van der Waals surface area contributed by atoms with Gasteiger partial charge in [0.2, 0.25) is 0 Å². The Balaban J connectivity index is 2.29. The zero-order valence-electron chi connectivity index (χ0n) is 8.96. The van der Waals surface area contributed by atoms with Gasteiger partial charge in [0.15, 0.2) is 0 Å². The summed E-state index contributed by atoms with van der Waals surface area (Å²) in [5, 5.41) is 0.822. The van der Waals surface area contributed by atoms with Crippen LogP contribution in [0.3, 0.4) is 0 Å². The molecule has 2 heteroatoms. The monoisotopic (exact) mass is 246 g/mol. The van der Waals surface area contributed by atoms with Crippen LogP contribution >= 0.6 is 23.4 Å². The lowest BCUT2D eigenvalue weighted by molar-refractivity contribution is 1.25. The van der Waals surface area contributed by atoms with Crippen LogP contribution in [0.4, 0.5) is 0 Å². The fourth-order valence-electron chi connectivity index (χ4n) is 2.34. The summed E-state index contributed by atoms with van der Waals surface area (Å²) in [5.74, 6) is 0. The highest BCUT2D eigenvalue weighted by Gasteiger charge is 2.20. The lowest BCUT2D eigenvalue weighted by atomic mass is 10.1. The van der Waals surface area contributed by atoms with E-state index < -0.39 is 0 Å². The second-order valence-electron chi connectivity index (χ2n) is 3.97. The van der Waals surface area contributed by atoms with Crippen LogP contribution in [0.25, 0.3) is 11.1 Å². The first-order valence-electron chi connectivity index (χ1n) is 5.24. The Morgan fingerprint density at radius 1 is 1.12 bits per heavy atom. The lowest BCUT2D eigenvalue weighted by Crippen LogP contribution is -1.81. The first-order valence-corrected chi connectivity index (χ1v) is 6.84. The van der Waals surface area contributed by atoms with E-state index in [0.29, 0.717) is 0 Å². The Morgan fingerprint density at radius 2 is 2.00 bits per heavy atom. The predicted molar refractivity (Wildman–Crippen MR) is 71.5 cm³/mol. The number of fused-ring (bicyclic) bond motifs is 3. The molecule has 1 aliphatic rings. The molecule has 2 aromatic carbocycles. The van der Waals surface area contributed by atoms with E-state index in [0.717, 1.165) is 11.4 Å². The third kappa shape index (κ3) is 1.47. The van der Waals surface area contributed by atoms with E-state index >= 15 is 0 Å². The summed E-state index contributed by atoms with van der Waals surface area (Å²) >= 11 is 7.88. The van der Waals surface area contributed by atoms with Crippen molar-refractivity contribution >= 4 is 23.4 Å². The summed E-state index contributed by atoms with van der Waals surface area (Å²) in [5.41, 5.74) is 5.50. The molecular formula is C14H11ClS. The van der Waals surface area contributed by atoms with Gasteiger partial charge in [-0.15, -0.1) is 11.8 Å². The molecule has 0 heterocycles. The van der Waals surface area contributed by atoms with Crippen molar-refractivity contribution in [3.8, 4) is 11.1 Å². The molecule has 80 valence electrons. The fourth-order valence-corrected chi connectivity index (χ4v) is 3.17. The molecule has 16 heavy (non-hydrogen) atoms. The summed E-state index contributed by atoms with van der Waals surface area (Å²) in [6.07, 6.45) is 3.16. The van der Waals surface area contributed by atoms with E-state index in [4.69, 9.17) is 11.6 Å². The smallest absolute Gasteiger partial charge is 0.0412 e. The number of halogens is 1. The number of benzene rings is 2. The zero-order chi connectivity index (χ0) is 11.1. The molecule has 0 atom stereocenters. The van der Waals surface area contributed by atoms with Crippen molar-refractivity contribution in [1.29, 1.82) is 0 Å². The second-order valence-corrected chi connectivity index (χ2v) is 5.26. The van der Waals surface area contributed by atoms with E-state index in [2.05, 4.69) is 36.6 Å². The highest BCUT2D eigenvalue weighted by molar-refractivity contribution is 7.98. The molecular weight excluding hydrogens is 236 g/mol. The minimum Gasteiger partial charge on any atom is -0.129 e. The highest BCUT2D eigenvalue weighted by Crippen LogP contribution is 2.42. The number of thioether (sulfide) groups is 1.